The molecule has 0 unspecified atom stereocenters. The Kier molecular flexibility index (Phi) is 3.87. The Balaban J connectivity index is 2.29. The van der Waals surface area contributed by atoms with Crippen LogP contribution in [0.2, 0.25) is 6.82 Å². The van der Waals surface area contributed by atoms with Gasteiger partial charge in [-0.25, -0.2) is 0 Å². The van der Waals surface area contributed by atoms with E-state index in [2.05, 4.69) is 31.6 Å². The molecule has 0 amide bonds. The second-order valence-electron chi connectivity index (χ2n) is 3.88. The van der Waals surface area contributed by atoms with Gasteiger partial charge in [-0.05, 0) is 11.1 Å². The van der Waals surface area contributed by atoms with Crippen molar-refractivity contribution >= 4 is 38.2 Å². The van der Waals surface area contributed by atoms with Crippen molar-refractivity contribution in [3.63, 3.8) is 0 Å². The van der Waals surface area contributed by atoms with Gasteiger partial charge in [-0.1, -0.05) is 78.4 Å². The number of benzene rings is 2. The molecule has 0 heterocycles. The van der Waals surface area contributed by atoms with E-state index in [9.17, 15) is 0 Å². The van der Waals surface area contributed by atoms with E-state index >= 15 is 0 Å². The van der Waals surface area contributed by atoms with E-state index in [1.165, 1.54) is 11.0 Å². The molecule has 0 nitrogen and oxygen atoms in total. The third kappa shape index (κ3) is 2.91. The van der Waals surface area contributed by atoms with Gasteiger partial charge in [-0.2, -0.15) is 0 Å². The molecule has 0 bridgehead atoms. The van der Waals surface area contributed by atoms with Crippen LogP contribution in [-0.2, 0) is 0 Å². The third-order valence-corrected chi connectivity index (χ3v) is 2.75. The van der Waals surface area contributed by atoms with Gasteiger partial charge in [0.25, 0.3) is 0 Å². The predicted molar refractivity (Wildman–Crippen MR) is 78.5 cm³/mol. The van der Waals surface area contributed by atoms with Crippen LogP contribution in [-0.4, -0.2) is 15.1 Å². The zero-order valence-electron chi connectivity index (χ0n) is 9.93. The topological polar surface area (TPSA) is 0 Å². The first-order chi connectivity index (χ1) is 8.31. The summed E-state index contributed by atoms with van der Waals surface area (Å²) in [6.45, 7) is 2.05. The zero-order chi connectivity index (χ0) is 12.1. The molecule has 2 rings (SSSR count). The lowest BCUT2D eigenvalue weighted by atomic mass is 9.71. The summed E-state index contributed by atoms with van der Waals surface area (Å²) in [5.41, 5.74) is 4.30. The van der Waals surface area contributed by atoms with E-state index in [1.54, 1.807) is 0 Å². The average molecular weight is 215 g/mol. The summed E-state index contributed by atoms with van der Waals surface area (Å²) in [4.78, 5) is 0. The fraction of sp³-hybridized carbons (Fsp3) is 0.0667. The van der Waals surface area contributed by atoms with Gasteiger partial charge in [0, 0.05) is 0 Å². The van der Waals surface area contributed by atoms with Crippen LogP contribution in [0.4, 0.5) is 0 Å². The summed E-state index contributed by atoms with van der Waals surface area (Å²) in [5.74, 6) is 0. The number of hydrogen-bond acceptors (Lipinski definition) is 0. The van der Waals surface area contributed by atoms with Crippen molar-refractivity contribution in [2.45, 2.75) is 6.82 Å². The Hall–Kier alpha value is -1.69. The molecule has 2 heteroatoms. The van der Waals surface area contributed by atoms with Crippen molar-refractivity contribution in [1.29, 1.82) is 0 Å². The first-order valence-electron chi connectivity index (χ1n) is 5.72. The van der Waals surface area contributed by atoms with E-state index in [0.717, 1.165) is 11.0 Å². The molecule has 0 aliphatic heterocycles. The Morgan fingerprint density at radius 3 is 2.18 bits per heavy atom. The zero-order valence-corrected chi connectivity index (χ0v) is 9.93. The van der Waals surface area contributed by atoms with Crippen LogP contribution in [0.1, 0.15) is 11.1 Å². The van der Waals surface area contributed by atoms with Crippen LogP contribution < -0.4 is 10.9 Å². The lowest BCUT2D eigenvalue weighted by Crippen LogP contribution is -2.13. The predicted octanol–water partition coefficient (Wildman–Crippen LogP) is 2.03. The fourth-order valence-corrected chi connectivity index (χ4v) is 1.77. The lowest BCUT2D eigenvalue weighted by molar-refractivity contribution is 1.70. The van der Waals surface area contributed by atoms with Crippen molar-refractivity contribution < 1.29 is 0 Å². The van der Waals surface area contributed by atoms with Gasteiger partial charge in [-0.3, -0.25) is 0 Å². The van der Waals surface area contributed by atoms with E-state index in [1.807, 2.05) is 43.2 Å². The lowest BCUT2D eigenvalue weighted by Gasteiger charge is -2.03. The maximum absolute atomic E-state index is 5.90. The van der Waals surface area contributed by atoms with Crippen LogP contribution in [0, 0.1) is 0 Å². The van der Waals surface area contributed by atoms with Gasteiger partial charge >= 0.3 is 0 Å². The van der Waals surface area contributed by atoms with Gasteiger partial charge in [0.1, 0.15) is 15.1 Å². The minimum atomic E-state index is 0.807. The summed E-state index contributed by atoms with van der Waals surface area (Å²) in [5, 5.41) is 0. The molecule has 0 aromatic heterocycles. The van der Waals surface area contributed by atoms with Gasteiger partial charge < -0.3 is 0 Å². The smallest absolute Gasteiger partial charge is 0.0896 e. The maximum Gasteiger partial charge on any atom is 0.149 e. The van der Waals surface area contributed by atoms with E-state index in [0.29, 0.717) is 0 Å². The molecule has 0 N–H and O–H groups in total. The summed E-state index contributed by atoms with van der Waals surface area (Å²) < 4.78 is 0. The molecule has 0 atom stereocenters. The SMILES string of the molecule is [B]c1ccccc1/C=C\c1ccccc1[B]C. The van der Waals surface area contributed by atoms with E-state index < -0.39 is 0 Å². The van der Waals surface area contributed by atoms with Crippen LogP contribution >= 0.6 is 0 Å². The molecule has 0 saturated heterocycles. The largest absolute Gasteiger partial charge is 0.149 e. The van der Waals surface area contributed by atoms with Crippen LogP contribution in [0.3, 0.4) is 0 Å². The highest BCUT2D eigenvalue weighted by molar-refractivity contribution is 6.53. The molecule has 2 aromatic carbocycles. The van der Waals surface area contributed by atoms with Gasteiger partial charge in [0.05, 0.1) is 0 Å². The van der Waals surface area contributed by atoms with Crippen molar-refractivity contribution in [2.24, 2.45) is 0 Å². The quantitative estimate of drug-likeness (QED) is 0.542. The second kappa shape index (κ2) is 5.58. The normalized spacial score (nSPS) is 10.6. The molecule has 17 heavy (non-hydrogen) atoms. The fourth-order valence-electron chi connectivity index (χ4n) is 1.77. The number of rotatable bonds is 3. The van der Waals surface area contributed by atoms with E-state index in [-0.39, 0.29) is 0 Å². The molecule has 0 aliphatic rings. The van der Waals surface area contributed by atoms with Crippen LogP contribution in [0.25, 0.3) is 12.2 Å². The highest BCUT2D eigenvalue weighted by Crippen LogP contribution is 2.04. The maximum atomic E-state index is 5.90. The highest BCUT2D eigenvalue weighted by Gasteiger charge is 1.96. The minimum absolute atomic E-state index is 0.807. The molecule has 2 aromatic rings. The van der Waals surface area contributed by atoms with Crippen LogP contribution in [0.15, 0.2) is 48.5 Å². The average Bonchev–Trinajstić information content (AvgIpc) is 2.38. The molecule has 0 saturated carbocycles. The van der Waals surface area contributed by atoms with Crippen molar-refractivity contribution in [2.75, 3.05) is 0 Å². The van der Waals surface area contributed by atoms with Gasteiger partial charge in [-0.15, -0.1) is 0 Å². The first kappa shape index (κ1) is 11.8. The monoisotopic (exact) mass is 215 g/mol. The molecule has 0 fully saturated rings. The third-order valence-electron chi connectivity index (χ3n) is 2.75. The second-order valence-corrected chi connectivity index (χ2v) is 3.88. The van der Waals surface area contributed by atoms with Gasteiger partial charge in [0.15, 0.2) is 0 Å². The van der Waals surface area contributed by atoms with E-state index in [4.69, 9.17) is 7.85 Å². The number of hydrogen-bond donors (Lipinski definition) is 0. The van der Waals surface area contributed by atoms with Crippen molar-refractivity contribution in [1.82, 2.24) is 0 Å². The molecule has 3 radical (unpaired) electrons. The van der Waals surface area contributed by atoms with Gasteiger partial charge in [0.2, 0.25) is 0 Å². The summed E-state index contributed by atoms with van der Waals surface area (Å²) in [7, 11) is 8.00. The Morgan fingerprint density at radius 1 is 0.882 bits per heavy atom. The Morgan fingerprint density at radius 2 is 1.47 bits per heavy atom. The minimum Gasteiger partial charge on any atom is -0.0896 e. The molecular formula is C15H13B2. The Labute approximate surface area is 105 Å². The molecule has 0 aliphatic carbocycles. The van der Waals surface area contributed by atoms with Crippen LogP contribution in [0.5, 0.6) is 0 Å². The highest BCUT2D eigenvalue weighted by atomic mass is 14.0. The van der Waals surface area contributed by atoms with Crippen molar-refractivity contribution in [3.8, 4) is 0 Å². The standard InChI is InChI=1S/C15H13B2/c1-17-15-9-5-3-7-13(15)11-10-12-6-2-4-8-14(12)16/h2-11H,1H3/b11-10-. The summed E-state index contributed by atoms with van der Waals surface area (Å²) in [6.07, 6.45) is 4.15. The summed E-state index contributed by atoms with van der Waals surface area (Å²) >= 11 is 0. The molecule has 0 spiro atoms. The molecular weight excluding hydrogens is 202 g/mol. The van der Waals surface area contributed by atoms with Crippen molar-refractivity contribution in [3.05, 3.63) is 59.7 Å². The first-order valence-corrected chi connectivity index (χ1v) is 5.72. The molecule has 79 valence electrons. The Bertz CT molecular complexity index is 530. The summed E-state index contributed by atoms with van der Waals surface area (Å²) in [6, 6.07) is 16.2.